The third-order valence-electron chi connectivity index (χ3n) is 8.87. The number of anilines is 1. The van der Waals surface area contributed by atoms with E-state index in [-0.39, 0.29) is 34.7 Å². The molecule has 10 nitrogen and oxygen atoms in total. The van der Waals surface area contributed by atoms with Crippen molar-refractivity contribution in [2.24, 2.45) is 11.3 Å². The number of likely N-dealkylation sites (tertiary alicyclic amines) is 1. The Balaban J connectivity index is 1.06. The summed E-state index contributed by atoms with van der Waals surface area (Å²) < 4.78 is 20.6. The summed E-state index contributed by atoms with van der Waals surface area (Å²) in [4.78, 5) is 43.0. The summed E-state index contributed by atoms with van der Waals surface area (Å²) in [5.74, 6) is 1.14. The lowest BCUT2D eigenvalue weighted by Gasteiger charge is -2.26. The fourth-order valence-electron chi connectivity index (χ4n) is 6.70. The molecule has 1 amide bonds. The summed E-state index contributed by atoms with van der Waals surface area (Å²) >= 11 is 0. The quantitative estimate of drug-likeness (QED) is 0.318. The first kappa shape index (κ1) is 25.7. The fraction of sp³-hybridized carbons (Fsp3) is 0.400. The lowest BCUT2D eigenvalue weighted by molar-refractivity contribution is -0.121. The Kier molecular flexibility index (Phi) is 6.26. The molecule has 3 fully saturated rings. The van der Waals surface area contributed by atoms with Crippen molar-refractivity contribution in [3.8, 4) is 11.5 Å². The number of carbonyl (C=O) groups excluding carboxylic acids is 1. The predicted molar refractivity (Wildman–Crippen MR) is 151 cm³/mol. The Morgan fingerprint density at radius 3 is 2.85 bits per heavy atom. The fourth-order valence-corrected chi connectivity index (χ4v) is 6.70. The van der Waals surface area contributed by atoms with Crippen molar-refractivity contribution < 1.29 is 13.9 Å². The highest BCUT2D eigenvalue weighted by atomic mass is 19.1. The molecule has 11 heteroatoms. The molecule has 4 aromatic rings. The van der Waals surface area contributed by atoms with E-state index in [1.165, 1.54) is 24.0 Å². The van der Waals surface area contributed by atoms with E-state index in [0.29, 0.717) is 23.5 Å². The van der Waals surface area contributed by atoms with Gasteiger partial charge in [-0.15, -0.1) is 0 Å². The lowest BCUT2D eigenvalue weighted by atomic mass is 9.86. The van der Waals surface area contributed by atoms with Gasteiger partial charge in [0.2, 0.25) is 5.91 Å². The molecular weight excluding hydrogens is 525 g/mol. The maximum absolute atomic E-state index is 14.2. The zero-order valence-electron chi connectivity index (χ0n) is 22.8. The first-order valence-corrected chi connectivity index (χ1v) is 14.1. The largest absolute Gasteiger partial charge is 0.452 e. The van der Waals surface area contributed by atoms with E-state index < -0.39 is 0 Å². The van der Waals surface area contributed by atoms with Gasteiger partial charge < -0.3 is 24.9 Å². The number of nitrogens with one attached hydrogen (secondary N) is 3. The van der Waals surface area contributed by atoms with Crippen molar-refractivity contribution in [1.29, 1.82) is 0 Å². The van der Waals surface area contributed by atoms with Crippen LogP contribution in [0.1, 0.15) is 36.3 Å². The number of nitrogens with zero attached hydrogens (tertiary/aromatic N) is 4. The number of aromatic nitrogens is 4. The van der Waals surface area contributed by atoms with E-state index in [9.17, 15) is 14.0 Å². The number of imidazole rings is 1. The first-order chi connectivity index (χ1) is 19.9. The highest BCUT2D eigenvalue weighted by Gasteiger charge is 2.46. The number of rotatable bonds is 7. The van der Waals surface area contributed by atoms with Gasteiger partial charge in [0.1, 0.15) is 17.9 Å². The molecule has 0 bridgehead atoms. The van der Waals surface area contributed by atoms with Crippen LogP contribution in [0, 0.1) is 17.2 Å². The number of benzene rings is 2. The highest BCUT2D eigenvalue weighted by molar-refractivity contribution is 5.83. The minimum absolute atomic E-state index is 0.0399. The summed E-state index contributed by atoms with van der Waals surface area (Å²) in [5.41, 5.74) is 3.50. The smallest absolute Gasteiger partial charge is 0.323 e. The molecule has 2 saturated heterocycles. The van der Waals surface area contributed by atoms with Crippen LogP contribution in [0.3, 0.4) is 0 Å². The molecule has 1 aliphatic carbocycles. The van der Waals surface area contributed by atoms with Crippen molar-refractivity contribution in [2.75, 3.05) is 38.1 Å². The molecule has 1 spiro atoms. The normalized spacial score (nSPS) is 23.9. The van der Waals surface area contributed by atoms with Crippen molar-refractivity contribution in [1.82, 2.24) is 30.2 Å². The Morgan fingerprint density at radius 1 is 1.12 bits per heavy atom. The van der Waals surface area contributed by atoms with Gasteiger partial charge in [0.05, 0.1) is 17.2 Å². The number of halogens is 1. The molecule has 3 aliphatic rings. The monoisotopic (exact) mass is 557 g/mol. The lowest BCUT2D eigenvalue weighted by Crippen LogP contribution is -2.31. The molecule has 212 valence electrons. The standard InChI is InChI=1S/C30H32FN7O3/c1-32-28(39)22-12-20(22)21-11-19(31)3-5-25(21)41-26-13-33-17-34-27(26)38-9-7-30(16-38)6-8-37(15-30)14-18-2-4-23-24(10-18)36-29(40)35-23/h2-5,10-11,13,17,20,22H,6-9,12,14-16H2,1H3,(H,32,39)(H2,35,36,40). The first-order valence-electron chi connectivity index (χ1n) is 14.1. The van der Waals surface area contributed by atoms with E-state index in [0.717, 1.165) is 62.4 Å². The molecule has 0 radical (unpaired) electrons. The van der Waals surface area contributed by atoms with Crippen molar-refractivity contribution in [3.05, 3.63) is 76.4 Å². The van der Waals surface area contributed by atoms with Gasteiger partial charge in [-0.1, -0.05) is 6.07 Å². The van der Waals surface area contributed by atoms with Gasteiger partial charge in [0.25, 0.3) is 0 Å². The topological polar surface area (TPSA) is 119 Å². The molecule has 2 aromatic carbocycles. The van der Waals surface area contributed by atoms with Crippen molar-refractivity contribution in [3.63, 3.8) is 0 Å². The van der Waals surface area contributed by atoms with Gasteiger partial charge in [-0.2, -0.15) is 0 Å². The summed E-state index contributed by atoms with van der Waals surface area (Å²) in [7, 11) is 1.62. The summed E-state index contributed by atoms with van der Waals surface area (Å²) in [6.45, 7) is 4.54. The minimum Gasteiger partial charge on any atom is -0.452 e. The van der Waals surface area contributed by atoms with Crippen LogP contribution in [0.2, 0.25) is 0 Å². The second kappa shape index (κ2) is 9.99. The van der Waals surface area contributed by atoms with E-state index in [1.54, 1.807) is 19.3 Å². The Bertz CT molecular complexity index is 1690. The average Bonchev–Trinajstić information content (AvgIpc) is 3.29. The SMILES string of the molecule is CNC(=O)C1CC1c1cc(F)ccc1Oc1cncnc1N1CCC2(CCN(Cc3ccc4[nH]c(=O)[nH]c4c3)C2)C1. The zero-order chi connectivity index (χ0) is 28.1. The second-order valence-corrected chi connectivity index (χ2v) is 11.6. The van der Waals surface area contributed by atoms with Gasteiger partial charge in [-0.05, 0) is 61.7 Å². The van der Waals surface area contributed by atoms with E-state index in [1.807, 2.05) is 12.1 Å². The van der Waals surface area contributed by atoms with Crippen LogP contribution in [0.25, 0.3) is 11.0 Å². The molecular formula is C30H32FN7O3. The Labute approximate surface area is 235 Å². The Hall–Kier alpha value is -4.25. The molecule has 1 saturated carbocycles. The van der Waals surface area contributed by atoms with Crippen molar-refractivity contribution in [2.45, 2.75) is 31.7 Å². The van der Waals surface area contributed by atoms with Gasteiger partial charge in [0.15, 0.2) is 11.6 Å². The number of carbonyl (C=O) groups is 1. The van der Waals surface area contributed by atoms with Crippen LogP contribution in [0.5, 0.6) is 11.5 Å². The number of hydrogen-bond donors (Lipinski definition) is 3. The van der Waals surface area contributed by atoms with E-state index in [2.05, 4.69) is 41.1 Å². The summed E-state index contributed by atoms with van der Waals surface area (Å²) in [6.07, 6.45) is 6.00. The zero-order valence-corrected chi connectivity index (χ0v) is 22.8. The third kappa shape index (κ3) is 4.94. The number of aromatic amines is 2. The van der Waals surface area contributed by atoms with Crippen LogP contribution >= 0.6 is 0 Å². The van der Waals surface area contributed by atoms with Crippen LogP contribution in [-0.4, -0.2) is 64.0 Å². The second-order valence-electron chi connectivity index (χ2n) is 11.6. The maximum atomic E-state index is 14.2. The number of hydrogen-bond acceptors (Lipinski definition) is 7. The van der Waals surface area contributed by atoms with E-state index >= 15 is 0 Å². The van der Waals surface area contributed by atoms with Crippen molar-refractivity contribution >= 4 is 22.8 Å². The third-order valence-corrected chi connectivity index (χ3v) is 8.87. The molecule has 7 rings (SSSR count). The molecule has 3 atom stereocenters. The number of ether oxygens (including phenoxy) is 1. The number of H-pyrrole nitrogens is 2. The minimum atomic E-state index is -0.354. The average molecular weight is 558 g/mol. The molecule has 2 aliphatic heterocycles. The highest BCUT2D eigenvalue weighted by Crippen LogP contribution is 2.52. The van der Waals surface area contributed by atoms with Crippen LogP contribution in [0.4, 0.5) is 10.2 Å². The summed E-state index contributed by atoms with van der Waals surface area (Å²) in [6, 6.07) is 10.5. The molecule has 4 heterocycles. The Morgan fingerprint density at radius 2 is 1.98 bits per heavy atom. The van der Waals surface area contributed by atoms with Crippen LogP contribution in [0.15, 0.2) is 53.7 Å². The molecule has 3 N–H and O–H groups in total. The molecule has 3 unspecified atom stereocenters. The van der Waals surface area contributed by atoms with Crippen LogP contribution in [-0.2, 0) is 11.3 Å². The van der Waals surface area contributed by atoms with Gasteiger partial charge in [0, 0.05) is 56.0 Å². The number of fused-ring (bicyclic) bond motifs is 1. The summed E-state index contributed by atoms with van der Waals surface area (Å²) in [5, 5.41) is 2.69. The van der Waals surface area contributed by atoms with Crippen LogP contribution < -0.4 is 20.6 Å². The maximum Gasteiger partial charge on any atom is 0.323 e. The van der Waals surface area contributed by atoms with Gasteiger partial charge in [-0.3, -0.25) is 9.69 Å². The van der Waals surface area contributed by atoms with Gasteiger partial charge in [-0.25, -0.2) is 19.2 Å². The number of amides is 1. The molecule has 2 aromatic heterocycles. The van der Waals surface area contributed by atoms with E-state index in [4.69, 9.17) is 4.74 Å². The predicted octanol–water partition coefficient (Wildman–Crippen LogP) is 3.53. The van der Waals surface area contributed by atoms with Gasteiger partial charge >= 0.3 is 5.69 Å². The molecule has 41 heavy (non-hydrogen) atoms.